The lowest BCUT2D eigenvalue weighted by Gasteiger charge is -2.20. The highest BCUT2D eigenvalue weighted by molar-refractivity contribution is 7.82. The van der Waals surface area contributed by atoms with Gasteiger partial charge in [-0.3, -0.25) is 0 Å². The number of hydrogen-bond donors (Lipinski definition) is 1. The molecule has 112 valence electrons. The molecule has 1 rings (SSSR count). The van der Waals surface area contributed by atoms with Crippen LogP contribution in [0.5, 0.6) is 5.75 Å². The predicted molar refractivity (Wildman–Crippen MR) is 75.4 cm³/mol. The van der Waals surface area contributed by atoms with Gasteiger partial charge in [0.05, 0.1) is 7.11 Å². The Hall–Kier alpha value is -1.07. The molecule has 0 aliphatic heterocycles. The molecule has 0 radical (unpaired) electrons. The SMILES string of the molecule is CONC(C(=O)OP(=O)(Cl)Oc1ccccc1)C(C)C. The first-order valence-electron chi connectivity index (χ1n) is 5.92. The van der Waals surface area contributed by atoms with Crippen LogP contribution in [-0.2, 0) is 18.7 Å². The molecular formula is C12H17ClNO5P. The summed E-state index contributed by atoms with van der Waals surface area (Å²) in [6, 6.07) is 7.42. The normalized spacial score (nSPS) is 15.4. The minimum absolute atomic E-state index is 0.143. The van der Waals surface area contributed by atoms with Crippen LogP contribution in [0.25, 0.3) is 0 Å². The molecule has 20 heavy (non-hydrogen) atoms. The van der Waals surface area contributed by atoms with Crippen LogP contribution in [-0.4, -0.2) is 19.1 Å². The van der Waals surface area contributed by atoms with Gasteiger partial charge in [0.2, 0.25) is 0 Å². The van der Waals surface area contributed by atoms with Crippen molar-refractivity contribution in [3.05, 3.63) is 30.3 Å². The Bertz CT molecular complexity index is 482. The summed E-state index contributed by atoms with van der Waals surface area (Å²) in [5, 5.41) is 0. The van der Waals surface area contributed by atoms with Crippen LogP contribution in [0.15, 0.2) is 30.3 Å². The van der Waals surface area contributed by atoms with Crippen molar-refractivity contribution in [3.8, 4) is 5.75 Å². The van der Waals surface area contributed by atoms with Gasteiger partial charge in [-0.25, -0.2) is 9.36 Å². The van der Waals surface area contributed by atoms with Gasteiger partial charge >= 0.3 is 12.9 Å². The monoisotopic (exact) mass is 321 g/mol. The van der Waals surface area contributed by atoms with Crippen molar-refractivity contribution in [1.82, 2.24) is 5.48 Å². The molecule has 0 saturated heterocycles. The second-order valence-corrected chi connectivity index (χ2v) is 6.76. The topological polar surface area (TPSA) is 73.9 Å². The molecule has 0 amide bonds. The van der Waals surface area contributed by atoms with E-state index in [9.17, 15) is 9.36 Å². The van der Waals surface area contributed by atoms with Gasteiger partial charge in [0, 0.05) is 11.2 Å². The molecule has 2 atom stereocenters. The Morgan fingerprint density at radius 3 is 2.40 bits per heavy atom. The first-order chi connectivity index (χ1) is 9.35. The molecule has 0 bridgehead atoms. The number of halogens is 1. The number of nitrogens with one attached hydrogen (secondary N) is 1. The van der Waals surface area contributed by atoms with Gasteiger partial charge in [0.25, 0.3) is 0 Å². The van der Waals surface area contributed by atoms with Crippen molar-refractivity contribution >= 4 is 24.2 Å². The highest BCUT2D eigenvalue weighted by Crippen LogP contribution is 2.53. The zero-order valence-corrected chi connectivity index (χ0v) is 13.1. The minimum atomic E-state index is -4.06. The molecule has 0 heterocycles. The lowest BCUT2D eigenvalue weighted by Crippen LogP contribution is -2.41. The summed E-state index contributed by atoms with van der Waals surface area (Å²) in [5.74, 6) is -0.702. The third-order valence-corrected chi connectivity index (χ3v) is 3.56. The van der Waals surface area contributed by atoms with Gasteiger partial charge in [-0.2, -0.15) is 5.48 Å². The van der Waals surface area contributed by atoms with E-state index >= 15 is 0 Å². The van der Waals surface area contributed by atoms with E-state index in [-0.39, 0.29) is 11.7 Å². The average Bonchev–Trinajstić information content (AvgIpc) is 2.35. The number of para-hydroxylation sites is 1. The van der Waals surface area contributed by atoms with Crippen LogP contribution in [0.3, 0.4) is 0 Å². The summed E-state index contributed by atoms with van der Waals surface area (Å²) in [5.41, 5.74) is 2.46. The van der Waals surface area contributed by atoms with Gasteiger partial charge in [0.1, 0.15) is 11.8 Å². The fourth-order valence-corrected chi connectivity index (χ4v) is 2.56. The summed E-state index contributed by atoms with van der Waals surface area (Å²) in [4.78, 5) is 16.6. The van der Waals surface area contributed by atoms with Crippen LogP contribution in [0, 0.1) is 5.92 Å². The molecule has 2 unspecified atom stereocenters. The Balaban J connectivity index is 2.69. The van der Waals surface area contributed by atoms with Gasteiger partial charge in [-0.15, -0.1) is 0 Å². The van der Waals surface area contributed by atoms with Crippen molar-refractivity contribution in [3.63, 3.8) is 0 Å². The van der Waals surface area contributed by atoms with Crippen LogP contribution >= 0.6 is 18.2 Å². The summed E-state index contributed by atoms with van der Waals surface area (Å²) in [6.07, 6.45) is 0. The van der Waals surface area contributed by atoms with Crippen molar-refractivity contribution in [2.45, 2.75) is 19.9 Å². The lowest BCUT2D eigenvalue weighted by atomic mass is 10.1. The highest BCUT2D eigenvalue weighted by Gasteiger charge is 2.33. The zero-order chi connectivity index (χ0) is 15.2. The Morgan fingerprint density at radius 2 is 1.90 bits per heavy atom. The fraction of sp³-hybridized carbons (Fsp3) is 0.417. The number of carbonyl (C=O) groups excluding carboxylic acids is 1. The first kappa shape index (κ1) is 17.0. The highest BCUT2D eigenvalue weighted by atomic mass is 35.7. The standard InChI is InChI=1S/C12H17ClNO5P/c1-9(2)11(14-17-3)12(15)19-20(13,16)18-10-7-5-4-6-8-10/h4-9,11,14H,1-3H3. The van der Waals surface area contributed by atoms with Gasteiger partial charge < -0.3 is 13.9 Å². The van der Waals surface area contributed by atoms with Crippen molar-refractivity contribution < 1.29 is 23.2 Å². The molecule has 0 aliphatic rings. The Morgan fingerprint density at radius 1 is 1.30 bits per heavy atom. The number of hydroxylamine groups is 1. The zero-order valence-electron chi connectivity index (χ0n) is 11.4. The third-order valence-electron chi connectivity index (χ3n) is 2.32. The van der Waals surface area contributed by atoms with Gasteiger partial charge in [-0.1, -0.05) is 32.0 Å². The van der Waals surface area contributed by atoms with E-state index in [0.717, 1.165) is 0 Å². The van der Waals surface area contributed by atoms with E-state index in [2.05, 4.69) is 5.48 Å². The quantitative estimate of drug-likeness (QED) is 0.614. The fourth-order valence-electron chi connectivity index (χ4n) is 1.37. The van der Waals surface area contributed by atoms with Gasteiger partial charge in [-0.05, 0) is 18.1 Å². The molecular weight excluding hydrogens is 305 g/mol. The van der Waals surface area contributed by atoms with Crippen molar-refractivity contribution in [2.75, 3.05) is 7.11 Å². The molecule has 0 spiro atoms. The average molecular weight is 322 g/mol. The van der Waals surface area contributed by atoms with E-state index in [1.807, 2.05) is 0 Å². The molecule has 6 nitrogen and oxygen atoms in total. The molecule has 1 aromatic rings. The maximum absolute atomic E-state index is 12.0. The molecule has 0 aliphatic carbocycles. The van der Waals surface area contributed by atoms with Crippen LogP contribution in [0.2, 0.25) is 0 Å². The summed E-state index contributed by atoms with van der Waals surface area (Å²) in [6.45, 7) is -0.515. The predicted octanol–water partition coefficient (Wildman–Crippen LogP) is 3.13. The molecule has 0 aromatic heterocycles. The van der Waals surface area contributed by atoms with E-state index in [4.69, 9.17) is 25.1 Å². The van der Waals surface area contributed by atoms with Crippen LogP contribution < -0.4 is 10.0 Å². The van der Waals surface area contributed by atoms with Crippen LogP contribution in [0.4, 0.5) is 0 Å². The number of rotatable bonds is 7. The van der Waals surface area contributed by atoms with E-state index < -0.39 is 19.0 Å². The smallest absolute Gasteiger partial charge is 0.405 e. The third kappa shape index (κ3) is 5.51. The van der Waals surface area contributed by atoms with Crippen LogP contribution in [0.1, 0.15) is 13.8 Å². The lowest BCUT2D eigenvalue weighted by molar-refractivity contribution is -0.142. The molecule has 8 heteroatoms. The molecule has 0 saturated carbocycles. The second-order valence-electron chi connectivity index (χ2n) is 4.29. The number of carbonyl (C=O) groups is 1. The Labute approximate surface area is 122 Å². The summed E-state index contributed by atoms with van der Waals surface area (Å²) < 4.78 is 21.7. The second kappa shape index (κ2) is 7.64. The molecule has 1 aromatic carbocycles. The largest absolute Gasteiger partial charge is 0.532 e. The van der Waals surface area contributed by atoms with Gasteiger partial charge in [0.15, 0.2) is 0 Å². The number of benzene rings is 1. The molecule has 0 fully saturated rings. The molecule has 1 N–H and O–H groups in total. The van der Waals surface area contributed by atoms with E-state index in [0.29, 0.717) is 0 Å². The minimum Gasteiger partial charge on any atom is -0.405 e. The summed E-state index contributed by atoms with van der Waals surface area (Å²) in [7, 11) is 1.36. The van der Waals surface area contributed by atoms with Crippen molar-refractivity contribution in [2.24, 2.45) is 5.92 Å². The maximum atomic E-state index is 12.0. The maximum Gasteiger partial charge on any atom is 0.532 e. The van der Waals surface area contributed by atoms with Crippen molar-refractivity contribution in [1.29, 1.82) is 0 Å². The summed E-state index contributed by atoms with van der Waals surface area (Å²) >= 11 is 5.64. The first-order valence-corrected chi connectivity index (χ1v) is 8.37. The van der Waals surface area contributed by atoms with E-state index in [1.165, 1.54) is 7.11 Å². The van der Waals surface area contributed by atoms with E-state index in [1.54, 1.807) is 44.2 Å². The number of hydrogen-bond acceptors (Lipinski definition) is 6. The Kier molecular flexibility index (Phi) is 6.49.